The topological polar surface area (TPSA) is 133 Å². The number of carboxylic acid groups (broad SMARTS) is 2. The number of pyridine rings is 4. The van der Waals surface area contributed by atoms with Gasteiger partial charge in [0.15, 0.2) is 0 Å². The highest BCUT2D eigenvalue weighted by atomic mass is 16.4. The molecule has 0 bridgehead atoms. The van der Waals surface area contributed by atoms with Gasteiger partial charge in [-0.05, 0) is 48.5 Å². The van der Waals surface area contributed by atoms with Crippen LogP contribution >= 0.6 is 0 Å². The van der Waals surface area contributed by atoms with Gasteiger partial charge in [0.2, 0.25) is 0 Å². The zero-order valence-corrected chi connectivity index (χ0v) is 19.3. The van der Waals surface area contributed by atoms with Gasteiger partial charge in [-0.1, -0.05) is 24.3 Å². The average molecular weight is 485 g/mol. The lowest BCUT2D eigenvalue weighted by atomic mass is 10.2. The normalized spacial score (nSPS) is 10.6. The van der Waals surface area contributed by atoms with Crippen LogP contribution in [0, 0.1) is 0 Å². The standard InChI is InChI=1S/C26H24N6O4/c33-25(34)17-31(23-11-5-9-21(29-23)19-7-1-3-13-27-19)15-16-32(18-26(35)36)24-12-6-10-22(30-24)20-8-2-4-14-28-20/h1-14H,15-18H2,(H,33,34)(H,35,36). The highest BCUT2D eigenvalue weighted by molar-refractivity contribution is 5.74. The van der Waals surface area contributed by atoms with E-state index in [2.05, 4.69) is 19.9 Å². The van der Waals surface area contributed by atoms with Crippen molar-refractivity contribution in [3.8, 4) is 22.8 Å². The SMILES string of the molecule is O=C(O)CN(CCN(CC(=O)O)c1cccc(-c2ccccn2)n1)c1cccc(-c2ccccn2)n1. The van der Waals surface area contributed by atoms with E-state index in [1.165, 1.54) is 0 Å². The molecular weight excluding hydrogens is 460 g/mol. The number of carbonyl (C=O) groups is 2. The molecule has 2 N–H and O–H groups in total. The fraction of sp³-hybridized carbons (Fsp3) is 0.154. The van der Waals surface area contributed by atoms with Crippen LogP contribution in [0.5, 0.6) is 0 Å². The third-order valence-corrected chi connectivity index (χ3v) is 5.26. The van der Waals surface area contributed by atoms with E-state index >= 15 is 0 Å². The molecule has 0 aromatic carbocycles. The maximum Gasteiger partial charge on any atom is 0.323 e. The van der Waals surface area contributed by atoms with Gasteiger partial charge < -0.3 is 20.0 Å². The average Bonchev–Trinajstić information content (AvgIpc) is 2.91. The Kier molecular flexibility index (Phi) is 7.76. The van der Waals surface area contributed by atoms with Crippen LogP contribution in [0.4, 0.5) is 11.6 Å². The molecule has 0 saturated heterocycles. The smallest absolute Gasteiger partial charge is 0.323 e. The monoisotopic (exact) mass is 484 g/mol. The van der Waals surface area contributed by atoms with E-state index < -0.39 is 11.9 Å². The van der Waals surface area contributed by atoms with Crippen LogP contribution in [0.1, 0.15) is 0 Å². The highest BCUT2D eigenvalue weighted by Crippen LogP contribution is 2.21. The van der Waals surface area contributed by atoms with E-state index in [-0.39, 0.29) is 26.2 Å². The quantitative estimate of drug-likeness (QED) is 0.327. The minimum absolute atomic E-state index is 0.202. The van der Waals surface area contributed by atoms with E-state index in [0.717, 1.165) is 0 Å². The first-order valence-corrected chi connectivity index (χ1v) is 11.2. The van der Waals surface area contributed by atoms with Crippen molar-refractivity contribution in [2.75, 3.05) is 36.0 Å². The minimum Gasteiger partial charge on any atom is -0.480 e. The molecule has 10 heteroatoms. The van der Waals surface area contributed by atoms with Gasteiger partial charge in [0, 0.05) is 25.5 Å². The first-order chi connectivity index (χ1) is 17.5. The van der Waals surface area contributed by atoms with Crippen molar-refractivity contribution in [2.24, 2.45) is 0 Å². The van der Waals surface area contributed by atoms with Crippen molar-refractivity contribution < 1.29 is 19.8 Å². The van der Waals surface area contributed by atoms with Crippen LogP contribution < -0.4 is 9.80 Å². The number of hydrogen-bond acceptors (Lipinski definition) is 8. The van der Waals surface area contributed by atoms with Gasteiger partial charge >= 0.3 is 11.9 Å². The molecule has 4 aromatic rings. The van der Waals surface area contributed by atoms with E-state index in [1.54, 1.807) is 70.7 Å². The van der Waals surface area contributed by atoms with Crippen LogP contribution in [-0.4, -0.2) is 68.3 Å². The Morgan fingerprint density at radius 2 is 1.00 bits per heavy atom. The van der Waals surface area contributed by atoms with Crippen molar-refractivity contribution in [3.05, 3.63) is 85.2 Å². The summed E-state index contributed by atoms with van der Waals surface area (Å²) in [6, 6.07) is 21.6. The molecule has 0 atom stereocenters. The minimum atomic E-state index is -1.03. The molecule has 0 aliphatic heterocycles. The van der Waals surface area contributed by atoms with Crippen molar-refractivity contribution in [2.45, 2.75) is 0 Å². The van der Waals surface area contributed by atoms with Gasteiger partial charge in [0.1, 0.15) is 24.7 Å². The van der Waals surface area contributed by atoms with Gasteiger partial charge in [-0.3, -0.25) is 19.6 Å². The zero-order chi connectivity index (χ0) is 25.3. The van der Waals surface area contributed by atoms with Crippen molar-refractivity contribution in [3.63, 3.8) is 0 Å². The third-order valence-electron chi connectivity index (χ3n) is 5.26. The summed E-state index contributed by atoms with van der Waals surface area (Å²) in [6.45, 7) is -0.205. The van der Waals surface area contributed by atoms with Crippen LogP contribution in [0.15, 0.2) is 85.2 Å². The number of rotatable bonds is 11. The summed E-state index contributed by atoms with van der Waals surface area (Å²) in [6.07, 6.45) is 3.32. The molecule has 4 rings (SSSR count). The number of aliphatic carboxylic acids is 2. The Labute approximate surface area is 207 Å². The molecule has 4 heterocycles. The summed E-state index contributed by atoms with van der Waals surface area (Å²) >= 11 is 0. The lowest BCUT2D eigenvalue weighted by Crippen LogP contribution is -2.40. The van der Waals surface area contributed by atoms with Crippen LogP contribution in [0.3, 0.4) is 0 Å². The van der Waals surface area contributed by atoms with Crippen molar-refractivity contribution >= 4 is 23.6 Å². The molecule has 0 aliphatic rings. The number of aromatic nitrogens is 4. The molecule has 36 heavy (non-hydrogen) atoms. The first-order valence-electron chi connectivity index (χ1n) is 11.2. The molecular formula is C26H24N6O4. The Morgan fingerprint density at radius 1 is 0.583 bits per heavy atom. The fourth-order valence-electron chi connectivity index (χ4n) is 3.63. The lowest BCUT2D eigenvalue weighted by molar-refractivity contribution is -0.136. The van der Waals surface area contributed by atoms with Gasteiger partial charge in [-0.2, -0.15) is 0 Å². The van der Waals surface area contributed by atoms with Crippen molar-refractivity contribution in [1.29, 1.82) is 0 Å². The molecule has 0 amide bonds. The Hall–Kier alpha value is -4.86. The maximum atomic E-state index is 11.6. The number of carboxylic acids is 2. The Morgan fingerprint density at radius 3 is 1.36 bits per heavy atom. The molecule has 10 nitrogen and oxygen atoms in total. The molecule has 0 unspecified atom stereocenters. The molecule has 4 aromatic heterocycles. The van der Waals surface area contributed by atoms with E-state index in [0.29, 0.717) is 34.4 Å². The second-order valence-corrected chi connectivity index (χ2v) is 7.82. The van der Waals surface area contributed by atoms with E-state index in [4.69, 9.17) is 0 Å². The van der Waals surface area contributed by atoms with Gasteiger partial charge in [-0.25, -0.2) is 9.97 Å². The summed E-state index contributed by atoms with van der Waals surface area (Å²) in [5.74, 6) is -1.16. The molecule has 0 spiro atoms. The van der Waals surface area contributed by atoms with Gasteiger partial charge in [0.05, 0.1) is 22.8 Å². The second kappa shape index (κ2) is 11.5. The maximum absolute atomic E-state index is 11.6. The zero-order valence-electron chi connectivity index (χ0n) is 19.3. The van der Waals surface area contributed by atoms with Gasteiger partial charge in [0.25, 0.3) is 0 Å². The summed E-state index contributed by atoms with van der Waals surface area (Å²) in [7, 11) is 0. The Balaban J connectivity index is 1.58. The van der Waals surface area contributed by atoms with Crippen LogP contribution in [0.2, 0.25) is 0 Å². The third kappa shape index (κ3) is 6.38. The summed E-state index contributed by atoms with van der Waals surface area (Å²) in [4.78, 5) is 44.2. The number of anilines is 2. The molecule has 0 fully saturated rings. The van der Waals surface area contributed by atoms with Gasteiger partial charge in [-0.15, -0.1) is 0 Å². The van der Waals surface area contributed by atoms with E-state index in [9.17, 15) is 19.8 Å². The predicted octanol–water partition coefficient (Wildman–Crippen LogP) is 3.08. The summed E-state index contributed by atoms with van der Waals surface area (Å²) < 4.78 is 0. The number of hydrogen-bond donors (Lipinski definition) is 2. The van der Waals surface area contributed by atoms with Crippen LogP contribution in [0.25, 0.3) is 22.8 Å². The van der Waals surface area contributed by atoms with Crippen molar-refractivity contribution in [1.82, 2.24) is 19.9 Å². The first kappa shape index (κ1) is 24.3. The van der Waals surface area contributed by atoms with Crippen LogP contribution in [-0.2, 0) is 9.59 Å². The molecule has 0 radical (unpaired) electrons. The predicted molar refractivity (Wildman–Crippen MR) is 135 cm³/mol. The summed E-state index contributed by atoms with van der Waals surface area (Å²) in [5.41, 5.74) is 2.54. The highest BCUT2D eigenvalue weighted by Gasteiger charge is 2.18. The molecule has 0 saturated carbocycles. The largest absolute Gasteiger partial charge is 0.480 e. The molecule has 0 aliphatic carbocycles. The van der Waals surface area contributed by atoms with E-state index in [1.807, 2.05) is 24.3 Å². The lowest BCUT2D eigenvalue weighted by Gasteiger charge is -2.28. The number of nitrogens with zero attached hydrogens (tertiary/aromatic N) is 6. The Bertz CT molecular complexity index is 1220. The fourth-order valence-corrected chi connectivity index (χ4v) is 3.63. The molecule has 182 valence electrons. The second-order valence-electron chi connectivity index (χ2n) is 7.82. The summed E-state index contributed by atoms with van der Waals surface area (Å²) in [5, 5.41) is 19.0.